The monoisotopic (exact) mass is 247 g/mol. The molecule has 0 saturated carbocycles. The number of hydrogen-bond acceptors (Lipinski definition) is 3. The van der Waals surface area contributed by atoms with Gasteiger partial charge in [0, 0.05) is 11.1 Å². The summed E-state index contributed by atoms with van der Waals surface area (Å²) in [5.74, 6) is 0. The third-order valence-corrected chi connectivity index (χ3v) is 3.04. The lowest BCUT2D eigenvalue weighted by atomic mass is 10.3. The number of carbonyl (C=O) groups is 1. The molecule has 2 aromatic rings. The lowest BCUT2D eigenvalue weighted by molar-refractivity contribution is 0.240. The lowest BCUT2D eigenvalue weighted by Crippen LogP contribution is -2.34. The average molecular weight is 247 g/mol. The summed E-state index contributed by atoms with van der Waals surface area (Å²) < 4.78 is 0. The van der Waals surface area contributed by atoms with Crippen LogP contribution in [0.25, 0.3) is 0 Å². The van der Waals surface area contributed by atoms with Gasteiger partial charge in [-0.1, -0.05) is 12.1 Å². The van der Waals surface area contributed by atoms with Crippen molar-refractivity contribution in [1.29, 1.82) is 0 Å². The fourth-order valence-electron chi connectivity index (χ4n) is 1.32. The minimum atomic E-state index is -0.177. The molecule has 5 heteroatoms. The summed E-state index contributed by atoms with van der Waals surface area (Å²) in [6.45, 7) is 1.00. The number of urea groups is 1. The Morgan fingerprint density at radius 3 is 2.76 bits per heavy atom. The van der Waals surface area contributed by atoms with Gasteiger partial charge in [-0.05, 0) is 23.6 Å². The molecule has 17 heavy (non-hydrogen) atoms. The summed E-state index contributed by atoms with van der Waals surface area (Å²) >= 11 is 1.62. The Kier molecular flexibility index (Phi) is 4.10. The second kappa shape index (κ2) is 6.00. The van der Waals surface area contributed by atoms with Gasteiger partial charge in [0.1, 0.15) is 0 Å². The Morgan fingerprint density at radius 1 is 1.18 bits per heavy atom. The van der Waals surface area contributed by atoms with Crippen molar-refractivity contribution in [2.75, 3.05) is 0 Å². The summed E-state index contributed by atoms with van der Waals surface area (Å²) in [5.41, 5.74) is 0.846. The van der Waals surface area contributed by atoms with Crippen molar-refractivity contribution in [3.05, 3.63) is 52.5 Å². The van der Waals surface area contributed by atoms with Crippen molar-refractivity contribution in [1.82, 2.24) is 15.6 Å². The smallest absolute Gasteiger partial charge is 0.315 e. The number of hydrogen-bond donors (Lipinski definition) is 2. The predicted octanol–water partition coefficient (Wildman–Crippen LogP) is 2.14. The predicted molar refractivity (Wildman–Crippen MR) is 67.6 cm³/mol. The van der Waals surface area contributed by atoms with Gasteiger partial charge in [-0.2, -0.15) is 0 Å². The van der Waals surface area contributed by atoms with Crippen LogP contribution in [0.5, 0.6) is 0 Å². The fraction of sp³-hybridized carbons (Fsp3) is 0.167. The van der Waals surface area contributed by atoms with E-state index < -0.39 is 0 Å². The molecule has 0 aliphatic heterocycles. The van der Waals surface area contributed by atoms with Gasteiger partial charge in [-0.15, -0.1) is 11.3 Å². The van der Waals surface area contributed by atoms with E-state index in [1.807, 2.05) is 35.7 Å². The number of nitrogens with one attached hydrogen (secondary N) is 2. The van der Waals surface area contributed by atoms with E-state index in [0.717, 1.165) is 10.6 Å². The summed E-state index contributed by atoms with van der Waals surface area (Å²) in [6, 6.07) is 9.40. The molecule has 0 bridgehead atoms. The normalized spacial score (nSPS) is 9.88. The highest BCUT2D eigenvalue weighted by Gasteiger charge is 2.01. The number of amides is 2. The van der Waals surface area contributed by atoms with Crippen molar-refractivity contribution in [2.24, 2.45) is 0 Å². The first-order valence-electron chi connectivity index (χ1n) is 5.28. The number of pyridine rings is 1. The van der Waals surface area contributed by atoms with Crippen LogP contribution >= 0.6 is 11.3 Å². The van der Waals surface area contributed by atoms with E-state index in [2.05, 4.69) is 15.6 Å². The molecular formula is C12H13N3OS. The van der Waals surface area contributed by atoms with E-state index in [-0.39, 0.29) is 6.03 Å². The van der Waals surface area contributed by atoms with Crippen LogP contribution in [0, 0.1) is 0 Å². The van der Waals surface area contributed by atoms with Gasteiger partial charge in [0.2, 0.25) is 0 Å². The first-order valence-corrected chi connectivity index (χ1v) is 6.16. The van der Waals surface area contributed by atoms with Gasteiger partial charge in [0.25, 0.3) is 0 Å². The third-order valence-electron chi connectivity index (χ3n) is 2.16. The molecule has 2 N–H and O–H groups in total. The molecule has 0 atom stereocenters. The van der Waals surface area contributed by atoms with Crippen LogP contribution in [0.15, 0.2) is 41.9 Å². The Hall–Kier alpha value is -1.88. The van der Waals surface area contributed by atoms with Gasteiger partial charge in [-0.3, -0.25) is 4.98 Å². The lowest BCUT2D eigenvalue weighted by Gasteiger charge is -2.05. The average Bonchev–Trinajstić information content (AvgIpc) is 2.88. The minimum Gasteiger partial charge on any atom is -0.333 e. The molecule has 88 valence electrons. The number of rotatable bonds is 4. The van der Waals surface area contributed by atoms with E-state index in [9.17, 15) is 4.79 Å². The molecule has 0 aliphatic carbocycles. The van der Waals surface area contributed by atoms with Crippen molar-refractivity contribution in [3.8, 4) is 0 Å². The maximum Gasteiger partial charge on any atom is 0.315 e. The largest absolute Gasteiger partial charge is 0.333 e. The molecule has 2 heterocycles. The van der Waals surface area contributed by atoms with Crippen LogP contribution in [0.1, 0.15) is 10.6 Å². The van der Waals surface area contributed by atoms with Crippen molar-refractivity contribution in [2.45, 2.75) is 13.1 Å². The fourth-order valence-corrected chi connectivity index (χ4v) is 1.96. The Morgan fingerprint density at radius 2 is 2.06 bits per heavy atom. The molecule has 0 spiro atoms. The number of aromatic nitrogens is 1. The van der Waals surface area contributed by atoms with E-state index in [0.29, 0.717) is 13.1 Å². The highest BCUT2D eigenvalue weighted by Crippen LogP contribution is 2.07. The molecule has 2 rings (SSSR count). The van der Waals surface area contributed by atoms with Gasteiger partial charge < -0.3 is 10.6 Å². The van der Waals surface area contributed by atoms with Gasteiger partial charge in [0.15, 0.2) is 0 Å². The summed E-state index contributed by atoms with van der Waals surface area (Å²) in [4.78, 5) is 16.7. The van der Waals surface area contributed by atoms with E-state index in [1.54, 1.807) is 17.5 Å². The molecule has 0 aliphatic rings. The summed E-state index contributed by atoms with van der Waals surface area (Å²) in [5, 5.41) is 7.53. The standard InChI is InChI=1S/C12H13N3OS/c16-12(15-9-11-5-3-7-17-11)14-8-10-4-1-2-6-13-10/h1-7H,8-9H2,(H2,14,15,16). The SMILES string of the molecule is O=C(NCc1ccccn1)NCc1cccs1. The number of thiophene rings is 1. The highest BCUT2D eigenvalue weighted by molar-refractivity contribution is 7.09. The zero-order valence-electron chi connectivity index (χ0n) is 9.22. The third kappa shape index (κ3) is 3.88. The Bertz CT molecular complexity index is 456. The van der Waals surface area contributed by atoms with Crippen LogP contribution in [-0.4, -0.2) is 11.0 Å². The van der Waals surface area contributed by atoms with E-state index in [1.165, 1.54) is 0 Å². The number of nitrogens with zero attached hydrogens (tertiary/aromatic N) is 1. The molecule has 0 radical (unpaired) electrons. The first kappa shape index (κ1) is 11.6. The minimum absolute atomic E-state index is 0.177. The Balaban J connectivity index is 1.71. The van der Waals surface area contributed by atoms with Crippen molar-refractivity contribution in [3.63, 3.8) is 0 Å². The van der Waals surface area contributed by atoms with E-state index in [4.69, 9.17) is 0 Å². The maximum atomic E-state index is 11.5. The van der Waals surface area contributed by atoms with Crippen LogP contribution in [-0.2, 0) is 13.1 Å². The topological polar surface area (TPSA) is 54.0 Å². The molecule has 0 saturated heterocycles. The molecule has 0 aromatic carbocycles. The van der Waals surface area contributed by atoms with Gasteiger partial charge >= 0.3 is 6.03 Å². The quantitative estimate of drug-likeness (QED) is 0.869. The van der Waals surface area contributed by atoms with Crippen molar-refractivity contribution < 1.29 is 4.79 Å². The zero-order chi connectivity index (χ0) is 11.9. The Labute approximate surface area is 104 Å². The van der Waals surface area contributed by atoms with Crippen LogP contribution in [0.2, 0.25) is 0 Å². The maximum absolute atomic E-state index is 11.5. The molecular weight excluding hydrogens is 234 g/mol. The van der Waals surface area contributed by atoms with Crippen LogP contribution < -0.4 is 10.6 Å². The zero-order valence-corrected chi connectivity index (χ0v) is 10.0. The molecule has 0 unspecified atom stereocenters. The second-order valence-electron chi connectivity index (χ2n) is 3.44. The second-order valence-corrected chi connectivity index (χ2v) is 4.47. The summed E-state index contributed by atoms with van der Waals surface area (Å²) in [6.07, 6.45) is 1.71. The molecule has 2 amide bonds. The first-order chi connectivity index (χ1) is 8.34. The molecule has 0 fully saturated rings. The van der Waals surface area contributed by atoms with Crippen LogP contribution in [0.3, 0.4) is 0 Å². The highest BCUT2D eigenvalue weighted by atomic mass is 32.1. The van der Waals surface area contributed by atoms with Gasteiger partial charge in [-0.25, -0.2) is 4.79 Å². The summed E-state index contributed by atoms with van der Waals surface area (Å²) in [7, 11) is 0. The molecule has 4 nitrogen and oxygen atoms in total. The number of carbonyl (C=O) groups excluding carboxylic acids is 1. The molecule has 2 aromatic heterocycles. The van der Waals surface area contributed by atoms with Crippen molar-refractivity contribution >= 4 is 17.4 Å². The van der Waals surface area contributed by atoms with E-state index >= 15 is 0 Å². The van der Waals surface area contributed by atoms with Gasteiger partial charge in [0.05, 0.1) is 18.8 Å². The van der Waals surface area contributed by atoms with Crippen LogP contribution in [0.4, 0.5) is 4.79 Å².